The molecule has 1 aliphatic rings. The number of rotatable bonds is 7. The van der Waals surface area contributed by atoms with E-state index in [0.29, 0.717) is 28.4 Å². The highest BCUT2D eigenvalue weighted by molar-refractivity contribution is 6.05. The van der Waals surface area contributed by atoms with Gasteiger partial charge >= 0.3 is 0 Å². The maximum absolute atomic E-state index is 12.9. The summed E-state index contributed by atoms with van der Waals surface area (Å²) in [7, 11) is 3.02. The Balaban J connectivity index is 1.52. The Kier molecular flexibility index (Phi) is 6.49. The van der Waals surface area contributed by atoms with Gasteiger partial charge in [-0.25, -0.2) is 0 Å². The van der Waals surface area contributed by atoms with Crippen LogP contribution in [0.15, 0.2) is 66.7 Å². The van der Waals surface area contributed by atoms with Crippen LogP contribution in [0.2, 0.25) is 0 Å². The van der Waals surface area contributed by atoms with Crippen LogP contribution in [-0.4, -0.2) is 38.6 Å². The molecule has 0 aliphatic carbocycles. The molecule has 0 radical (unpaired) electrons. The van der Waals surface area contributed by atoms with Crippen LogP contribution in [0.4, 0.5) is 17.1 Å². The zero-order valence-corrected chi connectivity index (χ0v) is 18.9. The molecule has 1 heterocycles. The minimum atomic E-state index is -0.269. The van der Waals surface area contributed by atoms with Gasteiger partial charge in [0.25, 0.3) is 5.91 Å². The Morgan fingerprint density at radius 3 is 2.18 bits per heavy atom. The first-order valence-electron chi connectivity index (χ1n) is 10.8. The minimum Gasteiger partial charge on any atom is -0.494 e. The van der Waals surface area contributed by atoms with Crippen molar-refractivity contribution < 1.29 is 19.1 Å². The van der Waals surface area contributed by atoms with Crippen molar-refractivity contribution in [2.24, 2.45) is 0 Å². The van der Waals surface area contributed by atoms with Crippen LogP contribution in [-0.2, 0) is 11.2 Å². The minimum absolute atomic E-state index is 0.167. The molecular weight excluding hydrogens is 418 g/mol. The number of ether oxygens (including phenoxy) is 2. The van der Waals surface area contributed by atoms with Crippen molar-refractivity contribution in [2.45, 2.75) is 19.4 Å². The van der Waals surface area contributed by atoms with Crippen molar-refractivity contribution in [3.05, 3.63) is 77.9 Å². The van der Waals surface area contributed by atoms with E-state index in [-0.39, 0.29) is 24.4 Å². The van der Waals surface area contributed by atoms with Gasteiger partial charge in [-0.1, -0.05) is 36.4 Å². The summed E-state index contributed by atoms with van der Waals surface area (Å²) in [4.78, 5) is 27.6. The largest absolute Gasteiger partial charge is 0.494 e. The number of nitrogens with one attached hydrogen (secondary N) is 2. The Morgan fingerprint density at radius 1 is 0.909 bits per heavy atom. The average molecular weight is 446 g/mol. The van der Waals surface area contributed by atoms with E-state index in [9.17, 15) is 9.59 Å². The van der Waals surface area contributed by atoms with Crippen molar-refractivity contribution >= 4 is 28.9 Å². The van der Waals surface area contributed by atoms with Gasteiger partial charge in [0.15, 0.2) is 0 Å². The lowest BCUT2D eigenvalue weighted by molar-refractivity contribution is -0.115. The third kappa shape index (κ3) is 4.77. The first-order valence-corrected chi connectivity index (χ1v) is 10.8. The first kappa shape index (κ1) is 22.2. The molecule has 7 heteroatoms. The standard InChI is InChI=1S/C26H27N3O4/c1-17-13-19-11-7-8-12-22(19)29(17)16-25(30)27-20-14-24(33-3)21(15-23(20)32-2)28-26(31)18-9-5-4-6-10-18/h4-12,14-15,17H,13,16H2,1-3H3,(H,27,30)(H,28,31). The van der Waals surface area contributed by atoms with Gasteiger partial charge in [-0.3, -0.25) is 9.59 Å². The molecular formula is C26H27N3O4. The lowest BCUT2D eigenvalue weighted by Gasteiger charge is -2.24. The molecule has 2 N–H and O–H groups in total. The third-order valence-electron chi connectivity index (χ3n) is 5.74. The Hall–Kier alpha value is -4.00. The van der Waals surface area contributed by atoms with Gasteiger partial charge in [-0.05, 0) is 37.1 Å². The van der Waals surface area contributed by atoms with Crippen LogP contribution in [0.1, 0.15) is 22.8 Å². The summed E-state index contributed by atoms with van der Waals surface area (Å²) >= 11 is 0. The first-order chi connectivity index (χ1) is 16.0. The summed E-state index contributed by atoms with van der Waals surface area (Å²) < 4.78 is 11.0. The van der Waals surface area contributed by atoms with Crippen molar-refractivity contribution in [2.75, 3.05) is 36.3 Å². The smallest absolute Gasteiger partial charge is 0.255 e. The lowest BCUT2D eigenvalue weighted by atomic mass is 10.1. The fraction of sp³-hybridized carbons (Fsp3) is 0.231. The fourth-order valence-electron chi connectivity index (χ4n) is 4.09. The molecule has 1 atom stereocenters. The van der Waals surface area contributed by atoms with E-state index in [1.807, 2.05) is 24.3 Å². The molecule has 1 aliphatic heterocycles. The normalized spacial score (nSPS) is 14.4. The SMILES string of the molecule is COc1cc(NC(=O)c2ccccc2)c(OC)cc1NC(=O)CN1c2ccccc2CC1C. The molecule has 4 rings (SSSR count). The molecule has 3 aromatic carbocycles. The van der Waals surface area contributed by atoms with E-state index in [2.05, 4.69) is 28.5 Å². The Morgan fingerprint density at radius 2 is 1.52 bits per heavy atom. The number of amides is 2. The molecule has 0 bridgehead atoms. The highest BCUT2D eigenvalue weighted by Gasteiger charge is 2.27. The maximum atomic E-state index is 12.9. The van der Waals surface area contributed by atoms with Gasteiger partial charge in [0.1, 0.15) is 11.5 Å². The average Bonchev–Trinajstić information content (AvgIpc) is 3.15. The summed E-state index contributed by atoms with van der Waals surface area (Å²) in [6.45, 7) is 2.33. The van der Waals surface area contributed by atoms with Crippen molar-refractivity contribution in [1.82, 2.24) is 0 Å². The monoisotopic (exact) mass is 445 g/mol. The maximum Gasteiger partial charge on any atom is 0.255 e. The number of nitrogens with zero attached hydrogens (tertiary/aromatic N) is 1. The van der Waals surface area contributed by atoms with Crippen molar-refractivity contribution in [1.29, 1.82) is 0 Å². The van der Waals surface area contributed by atoms with Crippen LogP contribution < -0.4 is 25.0 Å². The highest BCUT2D eigenvalue weighted by atomic mass is 16.5. The molecule has 0 saturated carbocycles. The zero-order chi connectivity index (χ0) is 23.4. The molecule has 3 aromatic rings. The number of carbonyl (C=O) groups is 2. The van der Waals surface area contributed by atoms with E-state index in [4.69, 9.17) is 9.47 Å². The summed E-state index contributed by atoms with van der Waals surface area (Å²) in [5, 5.41) is 5.77. The number of hydrogen-bond acceptors (Lipinski definition) is 5. The Labute approximate surface area is 193 Å². The highest BCUT2D eigenvalue weighted by Crippen LogP contribution is 2.37. The van der Waals surface area contributed by atoms with Crippen LogP contribution in [0.3, 0.4) is 0 Å². The van der Waals surface area contributed by atoms with Gasteiger partial charge in [-0.2, -0.15) is 0 Å². The van der Waals surface area contributed by atoms with Crippen LogP contribution in [0, 0.1) is 0 Å². The number of carbonyl (C=O) groups excluding carboxylic acids is 2. The van der Waals surface area contributed by atoms with Gasteiger partial charge in [0.2, 0.25) is 5.91 Å². The summed E-state index contributed by atoms with van der Waals surface area (Å²) in [6.07, 6.45) is 0.913. The van der Waals surface area contributed by atoms with Crippen LogP contribution in [0.25, 0.3) is 0 Å². The topological polar surface area (TPSA) is 79.9 Å². The number of para-hydroxylation sites is 1. The van der Waals surface area contributed by atoms with Crippen LogP contribution in [0.5, 0.6) is 11.5 Å². The molecule has 0 aromatic heterocycles. The van der Waals surface area contributed by atoms with Gasteiger partial charge in [0.05, 0.1) is 32.1 Å². The quantitative estimate of drug-likeness (QED) is 0.565. The number of fused-ring (bicyclic) bond motifs is 1. The Bertz CT molecular complexity index is 1160. The van der Waals surface area contributed by atoms with Crippen LogP contribution >= 0.6 is 0 Å². The molecule has 33 heavy (non-hydrogen) atoms. The molecule has 0 saturated heterocycles. The second-order valence-electron chi connectivity index (χ2n) is 7.93. The number of anilines is 3. The molecule has 7 nitrogen and oxygen atoms in total. The van der Waals surface area contributed by atoms with E-state index in [1.54, 1.807) is 36.4 Å². The number of methoxy groups -OCH3 is 2. The summed E-state index contributed by atoms with van der Waals surface area (Å²) in [6, 6.07) is 20.6. The van der Waals surface area contributed by atoms with Crippen molar-refractivity contribution in [3.8, 4) is 11.5 Å². The van der Waals surface area contributed by atoms with E-state index in [1.165, 1.54) is 19.8 Å². The molecule has 0 spiro atoms. The number of hydrogen-bond donors (Lipinski definition) is 2. The molecule has 2 amide bonds. The van der Waals surface area contributed by atoms with E-state index in [0.717, 1.165) is 12.1 Å². The second kappa shape index (κ2) is 9.65. The summed E-state index contributed by atoms with van der Waals surface area (Å²) in [5.74, 6) is 0.395. The molecule has 170 valence electrons. The molecule has 0 fully saturated rings. The zero-order valence-electron chi connectivity index (χ0n) is 18.9. The fourth-order valence-corrected chi connectivity index (χ4v) is 4.09. The van der Waals surface area contributed by atoms with Gasteiger partial charge in [0, 0.05) is 29.4 Å². The van der Waals surface area contributed by atoms with Crippen molar-refractivity contribution in [3.63, 3.8) is 0 Å². The van der Waals surface area contributed by atoms with Gasteiger partial charge < -0.3 is 25.0 Å². The summed E-state index contributed by atoms with van der Waals surface area (Å²) in [5.41, 5.74) is 3.77. The number of benzene rings is 3. The predicted octanol–water partition coefficient (Wildman–Crippen LogP) is 4.35. The van der Waals surface area contributed by atoms with E-state index < -0.39 is 0 Å². The van der Waals surface area contributed by atoms with E-state index >= 15 is 0 Å². The predicted molar refractivity (Wildman–Crippen MR) is 130 cm³/mol. The molecule has 1 unspecified atom stereocenters. The second-order valence-corrected chi connectivity index (χ2v) is 7.93. The van der Waals surface area contributed by atoms with Gasteiger partial charge in [-0.15, -0.1) is 0 Å². The lowest BCUT2D eigenvalue weighted by Crippen LogP contribution is -2.37. The third-order valence-corrected chi connectivity index (χ3v) is 5.74.